The van der Waals surface area contributed by atoms with Gasteiger partial charge in [0.15, 0.2) is 0 Å². The monoisotopic (exact) mass is 210 g/mol. The molecular weight excluding hydrogens is 192 g/mol. The summed E-state index contributed by atoms with van der Waals surface area (Å²) in [5.41, 5.74) is 0. The van der Waals surface area contributed by atoms with Crippen molar-refractivity contribution < 1.29 is 9.90 Å². The third-order valence-corrected chi connectivity index (χ3v) is 3.39. The molecule has 2 atom stereocenters. The Morgan fingerprint density at radius 2 is 2.27 bits per heavy atom. The summed E-state index contributed by atoms with van der Waals surface area (Å²) in [5, 5.41) is 8.59. The highest BCUT2D eigenvalue weighted by molar-refractivity contribution is 5.79. The van der Waals surface area contributed by atoms with Gasteiger partial charge >= 0.3 is 5.97 Å². The molecule has 4 nitrogen and oxygen atoms in total. The number of nitrogens with zero attached hydrogens (tertiary/aromatic N) is 2. The number of carboxylic acids is 1. The lowest BCUT2D eigenvalue weighted by molar-refractivity contribution is -0.131. The number of rotatable bonds is 2. The summed E-state index contributed by atoms with van der Waals surface area (Å²) in [7, 11) is 0. The number of hydrogen-bond donors (Lipinski definition) is 1. The van der Waals surface area contributed by atoms with Gasteiger partial charge in [-0.3, -0.25) is 4.90 Å². The Bertz CT molecular complexity index is 278. The van der Waals surface area contributed by atoms with Crippen molar-refractivity contribution in [2.45, 2.75) is 31.8 Å². The van der Waals surface area contributed by atoms with Crippen molar-refractivity contribution in [3.8, 4) is 0 Å². The molecule has 2 saturated heterocycles. The summed E-state index contributed by atoms with van der Waals surface area (Å²) in [5.74, 6) is -0.865. The zero-order valence-electron chi connectivity index (χ0n) is 9.09. The van der Waals surface area contributed by atoms with Gasteiger partial charge in [-0.2, -0.15) is 0 Å². The third kappa shape index (κ3) is 2.31. The first-order valence-electron chi connectivity index (χ1n) is 5.58. The topological polar surface area (TPSA) is 43.8 Å². The molecule has 0 spiro atoms. The lowest BCUT2D eigenvalue weighted by Gasteiger charge is -2.41. The van der Waals surface area contributed by atoms with Crippen LogP contribution in [0.2, 0.25) is 0 Å². The SMILES string of the molecule is CC1CN2CCCC2CN1C=CC(=O)O. The van der Waals surface area contributed by atoms with Crippen molar-refractivity contribution in [3.05, 3.63) is 12.3 Å². The van der Waals surface area contributed by atoms with Crippen LogP contribution in [0.5, 0.6) is 0 Å². The Hall–Kier alpha value is -1.03. The molecule has 2 aliphatic rings. The maximum Gasteiger partial charge on any atom is 0.329 e. The number of carbonyl (C=O) groups is 1. The predicted molar refractivity (Wildman–Crippen MR) is 57.5 cm³/mol. The molecule has 0 aromatic carbocycles. The number of piperazine rings is 1. The minimum absolute atomic E-state index is 0.426. The summed E-state index contributed by atoms with van der Waals surface area (Å²) in [6.07, 6.45) is 5.50. The molecule has 0 amide bonds. The lowest BCUT2D eigenvalue weighted by atomic mass is 10.1. The fraction of sp³-hybridized carbons (Fsp3) is 0.727. The lowest BCUT2D eigenvalue weighted by Crippen LogP contribution is -2.52. The van der Waals surface area contributed by atoms with Gasteiger partial charge in [-0.05, 0) is 26.3 Å². The molecule has 84 valence electrons. The molecule has 0 aromatic rings. The van der Waals surface area contributed by atoms with Gasteiger partial charge < -0.3 is 10.0 Å². The van der Waals surface area contributed by atoms with Crippen molar-refractivity contribution in [3.63, 3.8) is 0 Å². The average molecular weight is 210 g/mol. The summed E-state index contributed by atoms with van der Waals surface area (Å²) in [6, 6.07) is 1.06. The maximum absolute atomic E-state index is 10.5. The second-order valence-electron chi connectivity index (χ2n) is 4.49. The molecule has 2 heterocycles. The van der Waals surface area contributed by atoms with Gasteiger partial charge in [-0.25, -0.2) is 4.79 Å². The van der Waals surface area contributed by atoms with Gasteiger partial charge in [0, 0.05) is 37.4 Å². The standard InChI is InChI=1S/C11H18N2O2/c1-9-7-13-5-2-3-10(13)8-12(9)6-4-11(14)15/h4,6,9-10H,2-3,5,7-8H2,1H3,(H,14,15). The quantitative estimate of drug-likeness (QED) is 0.683. The van der Waals surface area contributed by atoms with E-state index in [9.17, 15) is 4.79 Å². The van der Waals surface area contributed by atoms with Crippen molar-refractivity contribution in [2.75, 3.05) is 19.6 Å². The van der Waals surface area contributed by atoms with E-state index in [1.54, 1.807) is 6.20 Å². The number of hydrogen-bond acceptors (Lipinski definition) is 3. The van der Waals surface area contributed by atoms with Gasteiger partial charge in [0.1, 0.15) is 0 Å². The molecule has 0 saturated carbocycles. The average Bonchev–Trinajstić information content (AvgIpc) is 2.60. The van der Waals surface area contributed by atoms with Crippen molar-refractivity contribution in [1.82, 2.24) is 9.80 Å². The summed E-state index contributed by atoms with van der Waals surface area (Å²) >= 11 is 0. The van der Waals surface area contributed by atoms with Crippen LogP contribution in [0.3, 0.4) is 0 Å². The van der Waals surface area contributed by atoms with Gasteiger partial charge in [-0.1, -0.05) is 0 Å². The number of carboxylic acid groups (broad SMARTS) is 1. The smallest absolute Gasteiger partial charge is 0.329 e. The van der Waals surface area contributed by atoms with E-state index in [1.807, 2.05) is 0 Å². The first kappa shape index (κ1) is 10.5. The summed E-state index contributed by atoms with van der Waals surface area (Å²) in [6.45, 7) is 5.41. The largest absolute Gasteiger partial charge is 0.478 e. The summed E-state index contributed by atoms with van der Waals surface area (Å²) in [4.78, 5) is 15.1. The van der Waals surface area contributed by atoms with E-state index in [4.69, 9.17) is 5.11 Å². The van der Waals surface area contributed by atoms with Crippen LogP contribution in [0.25, 0.3) is 0 Å². The second kappa shape index (κ2) is 4.23. The van der Waals surface area contributed by atoms with E-state index < -0.39 is 5.97 Å². The van der Waals surface area contributed by atoms with Crippen LogP contribution in [0.1, 0.15) is 19.8 Å². The van der Waals surface area contributed by atoms with Gasteiger partial charge in [0.05, 0.1) is 0 Å². The van der Waals surface area contributed by atoms with Crippen molar-refractivity contribution >= 4 is 5.97 Å². The van der Waals surface area contributed by atoms with E-state index in [0.29, 0.717) is 12.1 Å². The maximum atomic E-state index is 10.5. The van der Waals surface area contributed by atoms with Crippen LogP contribution >= 0.6 is 0 Å². The second-order valence-corrected chi connectivity index (χ2v) is 4.49. The molecule has 2 aliphatic heterocycles. The van der Waals surface area contributed by atoms with Crippen molar-refractivity contribution in [2.24, 2.45) is 0 Å². The predicted octanol–water partition coefficient (Wildman–Crippen LogP) is 0.753. The Morgan fingerprint density at radius 1 is 1.47 bits per heavy atom. The fourth-order valence-electron chi connectivity index (χ4n) is 2.58. The Morgan fingerprint density at radius 3 is 3.00 bits per heavy atom. The van der Waals surface area contributed by atoms with Crippen LogP contribution in [0.15, 0.2) is 12.3 Å². The van der Waals surface area contributed by atoms with E-state index in [-0.39, 0.29) is 0 Å². The molecule has 2 rings (SSSR count). The van der Waals surface area contributed by atoms with Gasteiger partial charge in [0.2, 0.25) is 0 Å². The van der Waals surface area contributed by atoms with E-state index in [0.717, 1.165) is 13.1 Å². The molecule has 1 N–H and O–H groups in total. The minimum atomic E-state index is -0.865. The van der Waals surface area contributed by atoms with Gasteiger partial charge in [-0.15, -0.1) is 0 Å². The number of fused-ring (bicyclic) bond motifs is 1. The highest BCUT2D eigenvalue weighted by atomic mass is 16.4. The van der Waals surface area contributed by atoms with Gasteiger partial charge in [0.25, 0.3) is 0 Å². The first-order valence-corrected chi connectivity index (χ1v) is 5.58. The Balaban J connectivity index is 1.98. The molecule has 0 radical (unpaired) electrons. The van der Waals surface area contributed by atoms with Crippen LogP contribution in [-0.4, -0.2) is 52.6 Å². The normalized spacial score (nSPS) is 32.2. The molecule has 0 aliphatic carbocycles. The van der Waals surface area contributed by atoms with E-state index in [2.05, 4.69) is 16.7 Å². The van der Waals surface area contributed by atoms with E-state index >= 15 is 0 Å². The minimum Gasteiger partial charge on any atom is -0.478 e. The fourth-order valence-corrected chi connectivity index (χ4v) is 2.58. The Kier molecular flexibility index (Phi) is 2.95. The van der Waals surface area contributed by atoms with Crippen LogP contribution in [-0.2, 0) is 4.79 Å². The molecule has 2 unspecified atom stereocenters. The molecular formula is C11H18N2O2. The van der Waals surface area contributed by atoms with Crippen molar-refractivity contribution in [1.29, 1.82) is 0 Å². The zero-order valence-corrected chi connectivity index (χ0v) is 9.09. The van der Waals surface area contributed by atoms with Crippen LogP contribution < -0.4 is 0 Å². The first-order chi connectivity index (χ1) is 7.16. The highest BCUT2D eigenvalue weighted by Crippen LogP contribution is 2.24. The molecule has 4 heteroatoms. The number of aliphatic carboxylic acids is 1. The third-order valence-electron chi connectivity index (χ3n) is 3.39. The highest BCUT2D eigenvalue weighted by Gasteiger charge is 2.32. The van der Waals surface area contributed by atoms with Crippen LogP contribution in [0, 0.1) is 0 Å². The Labute approximate surface area is 90.2 Å². The molecule has 0 bridgehead atoms. The molecule has 0 aromatic heterocycles. The zero-order chi connectivity index (χ0) is 10.8. The van der Waals surface area contributed by atoms with Crippen LogP contribution in [0.4, 0.5) is 0 Å². The summed E-state index contributed by atoms with van der Waals surface area (Å²) < 4.78 is 0. The molecule has 2 fully saturated rings. The molecule has 15 heavy (non-hydrogen) atoms. The van der Waals surface area contributed by atoms with E-state index in [1.165, 1.54) is 25.5 Å².